The summed E-state index contributed by atoms with van der Waals surface area (Å²) in [4.78, 5) is 0. The normalized spacial score (nSPS) is 27.9. The molecule has 1 aromatic carbocycles. The number of unbranched alkanes of at least 4 members (excludes halogenated alkanes) is 6. The Hall–Kier alpha value is -0.980. The first-order chi connectivity index (χ1) is 19.4. The van der Waals surface area contributed by atoms with E-state index < -0.39 is 18.5 Å². The van der Waals surface area contributed by atoms with Gasteiger partial charge in [0.05, 0.1) is 0 Å². The Morgan fingerprint density at radius 1 is 0.854 bits per heavy atom. The average Bonchev–Trinajstić information content (AvgIpc) is 3.66. The molecule has 234 valence electrons. The Morgan fingerprint density at radius 2 is 1.54 bits per heavy atom. The van der Waals surface area contributed by atoms with Crippen LogP contribution in [0, 0.1) is 22.7 Å². The minimum Gasteiger partial charge on any atom is -0.508 e. The predicted octanol–water partition coefficient (Wildman–Crippen LogP) is 11.5. The molecule has 4 aliphatic carbocycles. The van der Waals surface area contributed by atoms with E-state index in [1.54, 1.807) is 5.56 Å². The summed E-state index contributed by atoms with van der Waals surface area (Å²) in [5, 5.41) is 9.75. The summed E-state index contributed by atoms with van der Waals surface area (Å²) in [7, 11) is 0. The molecule has 4 atom stereocenters. The molecule has 1 nitrogen and oxygen atoms in total. The predicted molar refractivity (Wildman–Crippen MR) is 160 cm³/mol. The van der Waals surface area contributed by atoms with Crippen LogP contribution >= 0.6 is 11.8 Å². The quantitative estimate of drug-likeness (QED) is 0.190. The third-order valence-electron chi connectivity index (χ3n) is 11.2. The third-order valence-corrected chi connectivity index (χ3v) is 12.3. The van der Waals surface area contributed by atoms with Crippen LogP contribution in [0.2, 0.25) is 0 Å². The zero-order valence-corrected chi connectivity index (χ0v) is 26.0. The number of phenolic OH excluding ortho intramolecular Hbond substituents is 1. The van der Waals surface area contributed by atoms with Crippen molar-refractivity contribution >= 4 is 11.8 Å². The number of thioether (sulfide) groups is 1. The first-order valence-corrected chi connectivity index (χ1v) is 17.4. The first-order valence-electron chi connectivity index (χ1n) is 16.3. The van der Waals surface area contributed by atoms with Gasteiger partial charge in [0.1, 0.15) is 5.75 Å². The molecular formula is C34H51F5OS. The van der Waals surface area contributed by atoms with Gasteiger partial charge in [-0.3, -0.25) is 0 Å². The molecule has 0 saturated heterocycles. The molecule has 0 aromatic heterocycles. The maximum Gasteiger partial charge on any atom is 0.453 e. The van der Waals surface area contributed by atoms with Gasteiger partial charge in [-0.25, -0.2) is 0 Å². The zero-order chi connectivity index (χ0) is 29.7. The van der Waals surface area contributed by atoms with E-state index in [-0.39, 0.29) is 6.42 Å². The first kappa shape index (κ1) is 32.9. The minimum absolute atomic E-state index is 0.0896. The summed E-state index contributed by atoms with van der Waals surface area (Å²) in [5.41, 5.74) is 4.42. The average molecular weight is 603 g/mol. The second-order valence-corrected chi connectivity index (χ2v) is 14.8. The molecule has 7 heteroatoms. The number of aromatic hydroxyl groups is 1. The minimum atomic E-state index is -5.41. The molecule has 41 heavy (non-hydrogen) atoms. The molecule has 0 aliphatic heterocycles. The Kier molecular flexibility index (Phi) is 11.1. The molecule has 0 radical (unpaired) electrons. The summed E-state index contributed by atoms with van der Waals surface area (Å²) in [5.74, 6) is -0.187. The van der Waals surface area contributed by atoms with Crippen molar-refractivity contribution in [2.75, 3.05) is 11.5 Å². The summed E-state index contributed by atoms with van der Waals surface area (Å²) in [6.07, 6.45) is 13.1. The van der Waals surface area contributed by atoms with Gasteiger partial charge in [0.2, 0.25) is 0 Å². The number of rotatable bonds is 12. The van der Waals surface area contributed by atoms with Crippen LogP contribution in [0.25, 0.3) is 0 Å². The van der Waals surface area contributed by atoms with Crippen molar-refractivity contribution in [2.24, 2.45) is 22.7 Å². The van der Waals surface area contributed by atoms with Gasteiger partial charge in [-0.05, 0) is 128 Å². The lowest BCUT2D eigenvalue weighted by Gasteiger charge is -2.51. The van der Waals surface area contributed by atoms with E-state index in [1.165, 1.54) is 101 Å². The fourth-order valence-electron chi connectivity index (χ4n) is 8.57. The van der Waals surface area contributed by atoms with Crippen molar-refractivity contribution in [1.29, 1.82) is 0 Å². The fraction of sp³-hybridized carbons (Fsp3) is 0.824. The van der Waals surface area contributed by atoms with E-state index in [0.29, 0.717) is 16.9 Å². The number of hydrogen-bond acceptors (Lipinski definition) is 2. The standard InChI is InChI=1S/C20H26O.C14H25F5S/c1-19-8-6-16-15-5-3-14(21)12-13(15)2-4-17(16)18(19)7-9-20(19)10-11-20;1-2-3-4-5-6-7-8-11-20-12-9-10-13(15,16)14(17,18)19/h3,5,12,16-18,21H,2,4,6-11H2,1H3;2-12H2,1H3. The zero-order valence-electron chi connectivity index (χ0n) is 25.1. The second-order valence-electron chi connectivity index (χ2n) is 13.6. The van der Waals surface area contributed by atoms with E-state index in [9.17, 15) is 27.1 Å². The van der Waals surface area contributed by atoms with Gasteiger partial charge in [-0.2, -0.15) is 33.7 Å². The summed E-state index contributed by atoms with van der Waals surface area (Å²) >= 11 is 1.47. The van der Waals surface area contributed by atoms with Gasteiger partial charge < -0.3 is 5.11 Å². The van der Waals surface area contributed by atoms with Crippen molar-refractivity contribution in [3.63, 3.8) is 0 Å². The Bertz CT molecular complexity index is 974. The molecule has 1 N–H and O–H groups in total. The van der Waals surface area contributed by atoms with Crippen LogP contribution in [0.4, 0.5) is 22.0 Å². The lowest BCUT2D eigenvalue weighted by Crippen LogP contribution is -2.42. The maximum absolute atomic E-state index is 12.6. The topological polar surface area (TPSA) is 20.2 Å². The number of halogens is 5. The van der Waals surface area contributed by atoms with Crippen LogP contribution in [0.1, 0.15) is 134 Å². The highest BCUT2D eigenvalue weighted by Gasteiger charge is 2.66. The van der Waals surface area contributed by atoms with Gasteiger partial charge >= 0.3 is 12.1 Å². The molecular weight excluding hydrogens is 551 g/mol. The van der Waals surface area contributed by atoms with E-state index in [0.717, 1.165) is 41.8 Å². The van der Waals surface area contributed by atoms with Crippen molar-refractivity contribution in [2.45, 2.75) is 141 Å². The van der Waals surface area contributed by atoms with Crippen LogP contribution in [0.5, 0.6) is 5.75 Å². The molecule has 1 spiro atoms. The van der Waals surface area contributed by atoms with Crippen molar-refractivity contribution in [3.8, 4) is 5.75 Å². The van der Waals surface area contributed by atoms with Gasteiger partial charge in [-0.15, -0.1) is 0 Å². The largest absolute Gasteiger partial charge is 0.508 e. The highest BCUT2D eigenvalue weighted by atomic mass is 32.2. The summed E-state index contributed by atoms with van der Waals surface area (Å²) in [6, 6.07) is 6.16. The molecule has 5 rings (SSSR count). The van der Waals surface area contributed by atoms with Crippen molar-refractivity contribution < 1.29 is 27.1 Å². The monoisotopic (exact) mass is 602 g/mol. The molecule has 0 bridgehead atoms. The molecule has 0 heterocycles. The van der Waals surface area contributed by atoms with Gasteiger partial charge in [0.15, 0.2) is 0 Å². The van der Waals surface area contributed by atoms with E-state index in [4.69, 9.17) is 0 Å². The van der Waals surface area contributed by atoms with Crippen LogP contribution < -0.4 is 0 Å². The lowest BCUT2D eigenvalue weighted by molar-refractivity contribution is -0.284. The van der Waals surface area contributed by atoms with Crippen molar-refractivity contribution in [3.05, 3.63) is 29.3 Å². The van der Waals surface area contributed by atoms with Crippen molar-refractivity contribution in [1.82, 2.24) is 0 Å². The number of fused-ring (bicyclic) bond motifs is 6. The smallest absolute Gasteiger partial charge is 0.453 e. The Labute approximate surface area is 248 Å². The summed E-state index contributed by atoms with van der Waals surface area (Å²) in [6.45, 7) is 4.80. The Balaban J connectivity index is 0.000000190. The van der Waals surface area contributed by atoms with Crippen LogP contribution in [-0.2, 0) is 6.42 Å². The highest BCUT2D eigenvalue weighted by Crippen LogP contribution is 2.75. The van der Waals surface area contributed by atoms with E-state index in [2.05, 4.69) is 19.9 Å². The van der Waals surface area contributed by atoms with Gasteiger partial charge in [0.25, 0.3) is 0 Å². The SMILES string of the molecule is CC12CCC3c4ccc(O)cc4CCC3C1CCC21CC1.CCCCCCCCCSCCCC(F)(F)C(F)(F)F. The van der Waals surface area contributed by atoms with E-state index >= 15 is 0 Å². The van der Waals surface area contributed by atoms with Crippen LogP contribution in [0.15, 0.2) is 18.2 Å². The maximum atomic E-state index is 12.6. The third kappa shape index (κ3) is 7.58. The molecule has 3 fully saturated rings. The molecule has 4 aliphatic rings. The number of hydrogen-bond donors (Lipinski definition) is 1. The van der Waals surface area contributed by atoms with E-state index in [1.807, 2.05) is 12.1 Å². The number of phenols is 1. The number of benzene rings is 1. The molecule has 3 saturated carbocycles. The molecule has 4 unspecified atom stereocenters. The second kappa shape index (κ2) is 13.8. The number of aryl methyl sites for hydroxylation is 1. The van der Waals surface area contributed by atoms with Gasteiger partial charge in [0, 0.05) is 6.42 Å². The fourth-order valence-corrected chi connectivity index (χ4v) is 9.53. The molecule has 1 aromatic rings. The Morgan fingerprint density at radius 3 is 2.22 bits per heavy atom. The molecule has 0 amide bonds. The number of alkyl halides is 5. The summed E-state index contributed by atoms with van der Waals surface area (Å²) < 4.78 is 60.8. The van der Waals surface area contributed by atoms with Crippen LogP contribution in [0.3, 0.4) is 0 Å². The van der Waals surface area contributed by atoms with Gasteiger partial charge in [-0.1, -0.05) is 58.4 Å². The van der Waals surface area contributed by atoms with Crippen LogP contribution in [-0.4, -0.2) is 28.7 Å². The lowest BCUT2D eigenvalue weighted by atomic mass is 9.53. The highest BCUT2D eigenvalue weighted by molar-refractivity contribution is 7.99.